The van der Waals surface area contributed by atoms with Gasteiger partial charge in [-0.15, -0.1) is 11.3 Å². The Balaban J connectivity index is 1.96. The molecule has 4 nitrogen and oxygen atoms in total. The zero-order valence-electron chi connectivity index (χ0n) is 12.2. The molecule has 2 aromatic rings. The average Bonchev–Trinajstić information content (AvgIpc) is 3.09. The lowest BCUT2D eigenvalue weighted by Crippen LogP contribution is -2.35. The fraction of sp³-hybridized carbons (Fsp3) is 0.467. The Labute approximate surface area is 124 Å². The van der Waals surface area contributed by atoms with Crippen molar-refractivity contribution in [3.05, 3.63) is 40.6 Å². The van der Waals surface area contributed by atoms with E-state index in [4.69, 9.17) is 0 Å². The molecular formula is C15H21N3OS. The van der Waals surface area contributed by atoms with Gasteiger partial charge in [0.25, 0.3) is 0 Å². The number of thiazole rings is 1. The van der Waals surface area contributed by atoms with Gasteiger partial charge in [0.1, 0.15) is 6.04 Å². The Kier molecular flexibility index (Phi) is 4.95. The molecule has 0 saturated carbocycles. The van der Waals surface area contributed by atoms with Crippen LogP contribution in [-0.2, 0) is 11.2 Å². The first-order valence-corrected chi connectivity index (χ1v) is 7.77. The highest BCUT2D eigenvalue weighted by atomic mass is 32.1. The minimum atomic E-state index is -0.0995. The summed E-state index contributed by atoms with van der Waals surface area (Å²) in [6.07, 6.45) is 5.58. The molecule has 0 bridgehead atoms. The summed E-state index contributed by atoms with van der Waals surface area (Å²) in [5, 5.41) is 0. The van der Waals surface area contributed by atoms with Crippen molar-refractivity contribution in [1.29, 1.82) is 0 Å². The number of likely N-dealkylation sites (N-methyl/N-ethyl adjacent to an activating group) is 1. The van der Waals surface area contributed by atoms with E-state index in [0.29, 0.717) is 0 Å². The van der Waals surface area contributed by atoms with Gasteiger partial charge < -0.3 is 9.47 Å². The lowest BCUT2D eigenvalue weighted by atomic mass is 10.2. The van der Waals surface area contributed by atoms with E-state index in [1.165, 1.54) is 4.88 Å². The number of amides is 1. The van der Waals surface area contributed by atoms with E-state index in [0.717, 1.165) is 25.1 Å². The topological polar surface area (TPSA) is 38.1 Å². The summed E-state index contributed by atoms with van der Waals surface area (Å²) in [5.41, 5.74) is 2.94. The van der Waals surface area contributed by atoms with Crippen molar-refractivity contribution in [3.63, 3.8) is 0 Å². The monoisotopic (exact) mass is 291 g/mol. The highest BCUT2D eigenvalue weighted by molar-refractivity contribution is 7.09. The number of aryl methyl sites for hydroxylation is 1. The summed E-state index contributed by atoms with van der Waals surface area (Å²) in [6, 6.07) is 3.81. The van der Waals surface area contributed by atoms with Gasteiger partial charge in [-0.1, -0.05) is 6.92 Å². The zero-order chi connectivity index (χ0) is 14.5. The Bertz CT molecular complexity index is 547. The molecule has 0 aliphatic heterocycles. The number of hydrogen-bond donors (Lipinski definition) is 0. The summed E-state index contributed by atoms with van der Waals surface area (Å²) in [6.45, 7) is 4.80. The van der Waals surface area contributed by atoms with Gasteiger partial charge in [0, 0.05) is 37.3 Å². The molecule has 5 heteroatoms. The second-order valence-electron chi connectivity index (χ2n) is 4.93. The number of carbonyl (C=O) groups excluding carboxylic acids is 1. The molecule has 1 amide bonds. The lowest BCUT2D eigenvalue weighted by Gasteiger charge is -2.24. The molecule has 2 aromatic heterocycles. The molecule has 0 radical (unpaired) electrons. The number of nitrogens with zero attached hydrogens (tertiary/aromatic N) is 3. The van der Waals surface area contributed by atoms with Gasteiger partial charge in [-0.05, 0) is 25.5 Å². The van der Waals surface area contributed by atoms with Crippen molar-refractivity contribution < 1.29 is 4.79 Å². The predicted molar refractivity (Wildman–Crippen MR) is 82.0 cm³/mol. The Morgan fingerprint density at radius 3 is 2.70 bits per heavy atom. The fourth-order valence-electron chi connectivity index (χ4n) is 2.27. The van der Waals surface area contributed by atoms with Crippen LogP contribution in [-0.4, -0.2) is 34.0 Å². The van der Waals surface area contributed by atoms with Gasteiger partial charge in [0.2, 0.25) is 5.91 Å². The van der Waals surface area contributed by atoms with Crippen LogP contribution < -0.4 is 0 Å². The molecule has 108 valence electrons. The minimum Gasteiger partial charge on any atom is -0.344 e. The van der Waals surface area contributed by atoms with Crippen LogP contribution in [0.25, 0.3) is 0 Å². The molecule has 0 N–H and O–H groups in total. The van der Waals surface area contributed by atoms with Gasteiger partial charge in [0.05, 0.1) is 11.2 Å². The molecule has 0 aromatic carbocycles. The third-order valence-electron chi connectivity index (χ3n) is 3.55. The number of hydrogen-bond acceptors (Lipinski definition) is 3. The van der Waals surface area contributed by atoms with Gasteiger partial charge in [-0.3, -0.25) is 4.79 Å². The molecule has 0 aliphatic carbocycles. The summed E-state index contributed by atoms with van der Waals surface area (Å²) in [7, 11) is 1.88. The van der Waals surface area contributed by atoms with Gasteiger partial charge in [-0.2, -0.15) is 0 Å². The van der Waals surface area contributed by atoms with Gasteiger partial charge >= 0.3 is 0 Å². The van der Waals surface area contributed by atoms with Gasteiger partial charge in [-0.25, -0.2) is 4.98 Å². The van der Waals surface area contributed by atoms with Crippen molar-refractivity contribution in [1.82, 2.24) is 14.5 Å². The van der Waals surface area contributed by atoms with E-state index in [-0.39, 0.29) is 11.9 Å². The number of carbonyl (C=O) groups is 1. The minimum absolute atomic E-state index is 0.0995. The van der Waals surface area contributed by atoms with Gasteiger partial charge in [0.15, 0.2) is 0 Å². The van der Waals surface area contributed by atoms with Crippen LogP contribution in [0.15, 0.2) is 30.0 Å². The third-order valence-corrected chi connectivity index (χ3v) is 4.55. The van der Waals surface area contributed by atoms with E-state index in [9.17, 15) is 4.79 Å². The Morgan fingerprint density at radius 1 is 1.45 bits per heavy atom. The zero-order valence-corrected chi connectivity index (χ0v) is 13.1. The quantitative estimate of drug-likeness (QED) is 0.821. The molecular weight excluding hydrogens is 270 g/mol. The highest BCUT2D eigenvalue weighted by Gasteiger charge is 2.21. The van der Waals surface area contributed by atoms with E-state index < -0.39 is 0 Å². The summed E-state index contributed by atoms with van der Waals surface area (Å²) < 4.78 is 1.98. The first kappa shape index (κ1) is 14.8. The van der Waals surface area contributed by atoms with Crippen molar-refractivity contribution in [2.45, 2.75) is 32.7 Å². The van der Waals surface area contributed by atoms with Crippen molar-refractivity contribution in [2.24, 2.45) is 0 Å². The summed E-state index contributed by atoms with van der Waals surface area (Å²) in [5.74, 6) is 0.172. The van der Waals surface area contributed by atoms with Crippen LogP contribution in [0.2, 0.25) is 0 Å². The van der Waals surface area contributed by atoms with E-state index in [1.54, 1.807) is 11.3 Å². The van der Waals surface area contributed by atoms with E-state index >= 15 is 0 Å². The SMILES string of the molecule is CCC(C(=O)N(C)CCc1scnc1C)n1cccc1. The Morgan fingerprint density at radius 2 is 2.15 bits per heavy atom. The molecule has 2 heterocycles. The molecule has 0 saturated heterocycles. The first-order valence-electron chi connectivity index (χ1n) is 6.89. The van der Waals surface area contributed by atoms with Crippen LogP contribution in [0.3, 0.4) is 0 Å². The maximum Gasteiger partial charge on any atom is 0.245 e. The normalized spacial score (nSPS) is 12.3. The van der Waals surface area contributed by atoms with Crippen LogP contribution in [0.4, 0.5) is 0 Å². The summed E-state index contributed by atoms with van der Waals surface area (Å²) >= 11 is 1.66. The molecule has 1 unspecified atom stereocenters. The molecule has 1 atom stereocenters. The number of aromatic nitrogens is 2. The van der Waals surface area contributed by atoms with Crippen LogP contribution >= 0.6 is 11.3 Å². The van der Waals surface area contributed by atoms with Crippen molar-refractivity contribution in [3.8, 4) is 0 Å². The standard InChI is InChI=1S/C15H21N3OS/c1-4-13(18-8-5-6-9-18)15(19)17(3)10-7-14-12(2)16-11-20-14/h5-6,8-9,11,13H,4,7,10H2,1-3H3. The molecule has 0 fully saturated rings. The average molecular weight is 291 g/mol. The smallest absolute Gasteiger partial charge is 0.245 e. The molecule has 20 heavy (non-hydrogen) atoms. The first-order chi connectivity index (χ1) is 9.63. The van der Waals surface area contributed by atoms with Crippen molar-refractivity contribution in [2.75, 3.05) is 13.6 Å². The molecule has 0 aliphatic rings. The van der Waals surface area contributed by atoms with Crippen LogP contribution in [0.5, 0.6) is 0 Å². The van der Waals surface area contributed by atoms with Crippen molar-refractivity contribution >= 4 is 17.2 Å². The number of rotatable bonds is 6. The Hall–Kier alpha value is -1.62. The van der Waals surface area contributed by atoms with Crippen LogP contribution in [0.1, 0.15) is 30.0 Å². The van der Waals surface area contributed by atoms with Crippen LogP contribution in [0, 0.1) is 6.92 Å². The molecule has 2 rings (SSSR count). The molecule has 0 spiro atoms. The second kappa shape index (κ2) is 6.70. The third kappa shape index (κ3) is 3.28. The van der Waals surface area contributed by atoms with E-state index in [1.807, 2.05) is 60.4 Å². The maximum absolute atomic E-state index is 12.5. The van der Waals surface area contributed by atoms with E-state index in [2.05, 4.69) is 4.98 Å². The maximum atomic E-state index is 12.5. The lowest BCUT2D eigenvalue weighted by molar-refractivity contribution is -0.133. The largest absolute Gasteiger partial charge is 0.344 e. The predicted octanol–water partition coefficient (Wildman–Crippen LogP) is 2.91. The highest BCUT2D eigenvalue weighted by Crippen LogP contribution is 2.17. The second-order valence-corrected chi connectivity index (χ2v) is 5.86. The fourth-order valence-corrected chi connectivity index (χ4v) is 3.04. The summed E-state index contributed by atoms with van der Waals surface area (Å²) in [4.78, 5) is 19.8.